The average molecular weight is 345 g/mol. The summed E-state index contributed by atoms with van der Waals surface area (Å²) >= 11 is 0. The fourth-order valence-electron chi connectivity index (χ4n) is 3.62. The van der Waals surface area contributed by atoms with Crippen LogP contribution in [-0.4, -0.2) is 0 Å². The SMILES string of the molecule is C=C(CC)Cc1ccccc1.CC.CCCC1CCCCC(CC)C1. The summed E-state index contributed by atoms with van der Waals surface area (Å²) < 4.78 is 0. The number of allylic oxidation sites excluding steroid dienone is 1. The second-order valence-electron chi connectivity index (χ2n) is 7.22. The third kappa shape index (κ3) is 12.0. The molecule has 1 aliphatic rings. The maximum atomic E-state index is 3.97. The highest BCUT2D eigenvalue weighted by Crippen LogP contribution is 2.31. The van der Waals surface area contributed by atoms with Gasteiger partial charge in [0.15, 0.2) is 0 Å². The van der Waals surface area contributed by atoms with Gasteiger partial charge < -0.3 is 0 Å². The minimum Gasteiger partial charge on any atom is -0.0995 e. The average Bonchev–Trinajstić information content (AvgIpc) is 2.90. The first-order chi connectivity index (χ1) is 12.2. The number of rotatable bonds is 6. The molecule has 0 heteroatoms. The Hall–Kier alpha value is -1.04. The van der Waals surface area contributed by atoms with Gasteiger partial charge in [-0.25, -0.2) is 0 Å². The molecule has 0 aromatic heterocycles. The molecule has 144 valence electrons. The van der Waals surface area contributed by atoms with Gasteiger partial charge in [0.25, 0.3) is 0 Å². The number of hydrogen-bond donors (Lipinski definition) is 0. The van der Waals surface area contributed by atoms with E-state index in [-0.39, 0.29) is 0 Å². The molecule has 1 aliphatic carbocycles. The van der Waals surface area contributed by atoms with Crippen molar-refractivity contribution in [1.82, 2.24) is 0 Å². The lowest BCUT2D eigenvalue weighted by atomic mass is 9.89. The van der Waals surface area contributed by atoms with E-state index >= 15 is 0 Å². The molecule has 0 N–H and O–H groups in total. The molecule has 2 unspecified atom stereocenters. The van der Waals surface area contributed by atoms with E-state index in [1.54, 1.807) is 0 Å². The minimum atomic E-state index is 1.03. The molecular weight excluding hydrogens is 300 g/mol. The zero-order valence-electron chi connectivity index (χ0n) is 17.8. The molecule has 1 saturated carbocycles. The quantitative estimate of drug-likeness (QED) is 0.358. The second-order valence-corrected chi connectivity index (χ2v) is 7.22. The van der Waals surface area contributed by atoms with Gasteiger partial charge in [-0.1, -0.05) is 122 Å². The Morgan fingerprint density at radius 3 is 2.08 bits per heavy atom. The van der Waals surface area contributed by atoms with Crippen LogP contribution in [0.2, 0.25) is 0 Å². The van der Waals surface area contributed by atoms with Gasteiger partial charge in [0, 0.05) is 0 Å². The van der Waals surface area contributed by atoms with Crippen LogP contribution >= 0.6 is 0 Å². The largest absolute Gasteiger partial charge is 0.0995 e. The van der Waals surface area contributed by atoms with E-state index in [2.05, 4.69) is 51.6 Å². The summed E-state index contributed by atoms with van der Waals surface area (Å²) in [5.41, 5.74) is 2.66. The Labute approximate surface area is 159 Å². The van der Waals surface area contributed by atoms with Gasteiger partial charge in [-0.15, -0.1) is 0 Å². The van der Waals surface area contributed by atoms with Crippen molar-refractivity contribution in [2.75, 3.05) is 0 Å². The Balaban J connectivity index is 0.000000421. The lowest BCUT2D eigenvalue weighted by Crippen LogP contribution is -2.04. The smallest absolute Gasteiger partial charge is 0.00699 e. The molecule has 0 amide bonds. The first kappa shape index (κ1) is 24.0. The van der Waals surface area contributed by atoms with E-state index in [0.29, 0.717) is 0 Å². The molecule has 0 nitrogen and oxygen atoms in total. The highest BCUT2D eigenvalue weighted by molar-refractivity contribution is 5.20. The normalized spacial score (nSPS) is 19.6. The summed E-state index contributed by atoms with van der Waals surface area (Å²) in [6.07, 6.45) is 14.0. The molecule has 0 saturated heterocycles. The van der Waals surface area contributed by atoms with Gasteiger partial charge in [0.2, 0.25) is 0 Å². The minimum absolute atomic E-state index is 1.03. The van der Waals surface area contributed by atoms with Crippen LogP contribution in [0.4, 0.5) is 0 Å². The van der Waals surface area contributed by atoms with Crippen LogP contribution in [0, 0.1) is 11.8 Å². The highest BCUT2D eigenvalue weighted by Gasteiger charge is 2.17. The first-order valence-corrected chi connectivity index (χ1v) is 10.9. The molecule has 0 heterocycles. The van der Waals surface area contributed by atoms with E-state index in [9.17, 15) is 0 Å². The standard InChI is InChI=1S/C12H24.C11H14.C2H6/c1-3-7-12-9-6-5-8-11(4-2)10-12;1-3-10(2)9-11-7-5-4-6-8-11;1-2/h11-12H,3-10H2,1-2H3;4-8H,2-3,9H2,1H3;1-2H3. The van der Waals surface area contributed by atoms with Gasteiger partial charge in [-0.2, -0.15) is 0 Å². The lowest BCUT2D eigenvalue weighted by molar-refractivity contribution is 0.348. The van der Waals surface area contributed by atoms with Crippen molar-refractivity contribution in [3.63, 3.8) is 0 Å². The van der Waals surface area contributed by atoms with Crippen LogP contribution in [0.3, 0.4) is 0 Å². The van der Waals surface area contributed by atoms with Crippen LogP contribution in [0.25, 0.3) is 0 Å². The van der Waals surface area contributed by atoms with Gasteiger partial charge in [-0.05, 0) is 36.7 Å². The third-order valence-corrected chi connectivity index (χ3v) is 5.21. The van der Waals surface area contributed by atoms with Crippen LogP contribution in [0.15, 0.2) is 42.5 Å². The Kier molecular flexibility index (Phi) is 15.7. The van der Waals surface area contributed by atoms with Gasteiger partial charge in [0.05, 0.1) is 0 Å². The monoisotopic (exact) mass is 344 g/mol. The number of hydrogen-bond acceptors (Lipinski definition) is 0. The summed E-state index contributed by atoms with van der Waals surface area (Å²) in [6.45, 7) is 14.8. The van der Waals surface area contributed by atoms with Crippen molar-refractivity contribution < 1.29 is 0 Å². The molecule has 25 heavy (non-hydrogen) atoms. The van der Waals surface area contributed by atoms with Crippen LogP contribution in [-0.2, 0) is 6.42 Å². The fraction of sp³-hybridized carbons (Fsp3) is 0.680. The fourth-order valence-corrected chi connectivity index (χ4v) is 3.62. The highest BCUT2D eigenvalue weighted by atomic mass is 14.2. The Morgan fingerprint density at radius 1 is 0.960 bits per heavy atom. The summed E-state index contributed by atoms with van der Waals surface area (Å²) in [6, 6.07) is 10.5. The van der Waals surface area contributed by atoms with Crippen molar-refractivity contribution in [3.8, 4) is 0 Å². The van der Waals surface area contributed by atoms with E-state index in [0.717, 1.165) is 24.7 Å². The van der Waals surface area contributed by atoms with Crippen molar-refractivity contribution in [1.29, 1.82) is 0 Å². The Bertz CT molecular complexity index is 403. The number of benzene rings is 1. The molecule has 1 aromatic carbocycles. The molecule has 2 rings (SSSR count). The topological polar surface area (TPSA) is 0 Å². The van der Waals surface area contributed by atoms with Crippen molar-refractivity contribution >= 4 is 0 Å². The third-order valence-electron chi connectivity index (χ3n) is 5.21. The Morgan fingerprint density at radius 2 is 1.56 bits per heavy atom. The second kappa shape index (κ2) is 16.4. The predicted molar refractivity (Wildman–Crippen MR) is 116 cm³/mol. The molecule has 0 radical (unpaired) electrons. The molecule has 1 fully saturated rings. The summed E-state index contributed by atoms with van der Waals surface area (Å²) in [5.74, 6) is 2.13. The maximum absolute atomic E-state index is 3.97. The zero-order chi connectivity index (χ0) is 18.9. The van der Waals surface area contributed by atoms with E-state index < -0.39 is 0 Å². The van der Waals surface area contributed by atoms with Gasteiger partial charge in [-0.3, -0.25) is 0 Å². The molecular formula is C25H44. The van der Waals surface area contributed by atoms with Crippen LogP contribution < -0.4 is 0 Å². The zero-order valence-corrected chi connectivity index (χ0v) is 17.8. The van der Waals surface area contributed by atoms with Crippen LogP contribution in [0.5, 0.6) is 0 Å². The van der Waals surface area contributed by atoms with E-state index in [1.165, 1.54) is 62.5 Å². The summed E-state index contributed by atoms with van der Waals surface area (Å²) in [5, 5.41) is 0. The maximum Gasteiger partial charge on any atom is -0.00699 e. The van der Waals surface area contributed by atoms with E-state index in [1.807, 2.05) is 19.9 Å². The van der Waals surface area contributed by atoms with Gasteiger partial charge in [0.1, 0.15) is 0 Å². The molecule has 0 spiro atoms. The molecule has 2 atom stereocenters. The van der Waals surface area contributed by atoms with E-state index in [4.69, 9.17) is 0 Å². The molecule has 0 bridgehead atoms. The molecule has 0 aliphatic heterocycles. The summed E-state index contributed by atoms with van der Waals surface area (Å²) in [4.78, 5) is 0. The first-order valence-electron chi connectivity index (χ1n) is 10.9. The summed E-state index contributed by atoms with van der Waals surface area (Å²) in [7, 11) is 0. The van der Waals surface area contributed by atoms with Crippen molar-refractivity contribution in [2.24, 2.45) is 11.8 Å². The van der Waals surface area contributed by atoms with Crippen molar-refractivity contribution in [2.45, 2.75) is 98.8 Å². The lowest BCUT2D eigenvalue weighted by Gasteiger charge is -2.17. The predicted octanol–water partition coefficient (Wildman–Crippen LogP) is 8.61. The van der Waals surface area contributed by atoms with Crippen LogP contribution in [0.1, 0.15) is 98.0 Å². The van der Waals surface area contributed by atoms with Gasteiger partial charge >= 0.3 is 0 Å². The molecule has 1 aromatic rings. The van der Waals surface area contributed by atoms with Crippen molar-refractivity contribution in [3.05, 3.63) is 48.0 Å².